The van der Waals surface area contributed by atoms with E-state index in [2.05, 4.69) is 5.32 Å². The van der Waals surface area contributed by atoms with Crippen molar-refractivity contribution in [1.29, 1.82) is 0 Å². The van der Waals surface area contributed by atoms with Crippen molar-refractivity contribution in [2.75, 3.05) is 30.3 Å². The average Bonchev–Trinajstić information content (AvgIpc) is 1.68. The standard InChI is InChI=1S/C54H69N5O22P2S4/c1-52(2)44-31-42(86(75,76)77)20-22-46(44)58(26-7-5-6-13-50(61)55-33-39(60)34-56-28-29-57(36-56)35-54(62,82(63,64)65)83(66,67)68)48(52)24-14-37-11-10-12-38(51(37)81-40-16-18-41(19-17-40)85(72,73)74)15-25-49-53(3,4)45-32-43(87(78,79)80)21-23-47(45)59(49)27-8-9-30-84(69,70)71/h14-25,28-29,31-32,36,39,60,62H,5-13,26-27,30,33-35H2,1-4H3,(H7-2,55,61,63,64,65,66,67,68,69,70,71,72,73,74,75,76,77,78,79,80)/p+2. The van der Waals surface area contributed by atoms with E-state index in [1.165, 1.54) is 65.5 Å². The van der Waals surface area contributed by atoms with Crippen molar-refractivity contribution >= 4 is 78.7 Å². The Morgan fingerprint density at radius 2 is 1.37 bits per heavy atom. The van der Waals surface area contributed by atoms with Crippen molar-refractivity contribution in [3.05, 3.63) is 137 Å². The summed E-state index contributed by atoms with van der Waals surface area (Å²) in [5.41, 5.74) is 3.32. The SMILES string of the molecule is CC1(C)C(=CC=C2CCCC(C=CC3=[N+](CCCCCC(=O)NCC(O)Cn4cc[n+](CC(O)(P(=O)(O)O)P(=O)(O)O)c4)c4ccc(S(=O)(=O)O)cc4C3(C)C)=C2Oc2ccc(S(=O)(=O)O)cc2)N(CCCCS(=O)(=O)O)c2ccc(S(=O)(=O)O)cc21. The number of nitrogens with zero attached hydrogens (tertiary/aromatic N) is 4. The number of nitrogens with one attached hydrogen (secondary N) is 1. The number of aliphatic hydroxyl groups is 2. The minimum atomic E-state index is -5.73. The summed E-state index contributed by atoms with van der Waals surface area (Å²) in [6.45, 7) is 6.57. The van der Waals surface area contributed by atoms with Gasteiger partial charge >= 0.3 is 20.3 Å². The summed E-state index contributed by atoms with van der Waals surface area (Å²) in [6, 6.07) is 13.6. The van der Waals surface area contributed by atoms with E-state index in [4.69, 9.17) is 4.74 Å². The van der Waals surface area contributed by atoms with E-state index in [0.717, 1.165) is 10.9 Å². The summed E-state index contributed by atoms with van der Waals surface area (Å²) in [7, 11) is -29.5. The highest BCUT2D eigenvalue weighted by atomic mass is 32.2. The Morgan fingerprint density at radius 1 is 0.759 bits per heavy atom. The Kier molecular flexibility index (Phi) is 20.7. The zero-order valence-corrected chi connectivity index (χ0v) is 52.7. The van der Waals surface area contributed by atoms with Gasteiger partial charge in [-0.3, -0.25) is 32.1 Å². The maximum atomic E-state index is 12.9. The van der Waals surface area contributed by atoms with E-state index >= 15 is 0 Å². The first kappa shape index (κ1) is 68.9. The number of aliphatic hydroxyl groups excluding tert-OH is 1. The van der Waals surface area contributed by atoms with Gasteiger partial charge in [0.25, 0.3) is 40.5 Å². The molecule has 11 N–H and O–H groups in total. The van der Waals surface area contributed by atoms with Gasteiger partial charge in [-0.25, -0.2) is 9.13 Å². The van der Waals surface area contributed by atoms with Crippen LogP contribution in [0.4, 0.5) is 11.4 Å². The quantitative estimate of drug-likeness (QED) is 0.0162. The summed E-state index contributed by atoms with van der Waals surface area (Å²) in [4.78, 5) is 51.7. The molecule has 1 amide bonds. The fraction of sp³-hybridized carbons (Fsp3) is 0.426. The van der Waals surface area contributed by atoms with Crippen LogP contribution in [0.15, 0.2) is 141 Å². The molecule has 27 nitrogen and oxygen atoms in total. The molecule has 0 radical (unpaired) electrons. The molecule has 3 heterocycles. The molecule has 7 rings (SSSR count). The number of hydrogen-bond donors (Lipinski definition) is 11. The van der Waals surface area contributed by atoms with Crippen molar-refractivity contribution in [3.8, 4) is 5.75 Å². The highest BCUT2D eigenvalue weighted by molar-refractivity contribution is 7.86. The third-order valence-corrected chi connectivity index (χ3v) is 22.5. The Labute approximate surface area is 504 Å². The lowest BCUT2D eigenvalue weighted by Gasteiger charge is -2.27. The van der Waals surface area contributed by atoms with Crippen LogP contribution in [0.5, 0.6) is 5.75 Å². The number of carbonyl (C=O) groups excluding carboxylic acids is 1. The lowest BCUT2D eigenvalue weighted by Crippen LogP contribution is -2.46. The van der Waals surface area contributed by atoms with Crippen LogP contribution in [-0.2, 0) is 78.3 Å². The fourth-order valence-corrected chi connectivity index (χ4v) is 14.9. The Morgan fingerprint density at radius 3 is 1.98 bits per heavy atom. The predicted molar refractivity (Wildman–Crippen MR) is 316 cm³/mol. The van der Waals surface area contributed by atoms with Crippen LogP contribution in [-0.4, -0.2) is 139 Å². The molecule has 1 aromatic heterocycles. The molecule has 476 valence electrons. The maximum absolute atomic E-state index is 12.9. The number of imidazole rings is 1. The lowest BCUT2D eigenvalue weighted by atomic mass is 9.81. The minimum absolute atomic E-state index is 0.0618. The number of anilines is 1. The van der Waals surface area contributed by atoms with Gasteiger partial charge in [0.15, 0.2) is 5.71 Å². The van der Waals surface area contributed by atoms with E-state index in [1.54, 1.807) is 12.1 Å². The molecular formula is C54H71N5O22P2S4+2. The van der Waals surface area contributed by atoms with Gasteiger partial charge in [0.2, 0.25) is 17.9 Å². The molecule has 3 aliphatic rings. The smallest absolute Gasteiger partial charge is 0.373 e. The summed E-state index contributed by atoms with van der Waals surface area (Å²) in [6.07, 6.45) is 13.3. The van der Waals surface area contributed by atoms with Crippen molar-refractivity contribution in [1.82, 2.24) is 9.88 Å². The monoisotopic (exact) mass is 1330 g/mol. The highest BCUT2D eigenvalue weighted by Crippen LogP contribution is 2.67. The molecule has 0 fully saturated rings. The molecule has 0 bridgehead atoms. The van der Waals surface area contributed by atoms with Gasteiger partial charge in [-0.05, 0) is 142 Å². The van der Waals surface area contributed by atoms with E-state index < -0.39 is 90.0 Å². The number of carbonyl (C=O) groups is 1. The van der Waals surface area contributed by atoms with E-state index in [-0.39, 0.29) is 58.8 Å². The number of allylic oxidation sites excluding steroid dienone is 7. The number of benzene rings is 3. The van der Waals surface area contributed by atoms with Crippen molar-refractivity contribution < 1.29 is 109 Å². The first-order valence-electron chi connectivity index (χ1n) is 27.1. The van der Waals surface area contributed by atoms with Crippen LogP contribution in [0, 0.1) is 0 Å². The molecule has 1 atom stereocenters. The van der Waals surface area contributed by atoms with Gasteiger partial charge in [0.05, 0.1) is 25.9 Å². The molecule has 1 unspecified atom stereocenters. The van der Waals surface area contributed by atoms with Crippen molar-refractivity contribution in [3.63, 3.8) is 0 Å². The van der Waals surface area contributed by atoms with E-state index in [9.17, 15) is 95.6 Å². The van der Waals surface area contributed by atoms with Crippen molar-refractivity contribution in [2.45, 2.75) is 135 Å². The van der Waals surface area contributed by atoms with Gasteiger partial charge in [-0.1, -0.05) is 19.9 Å². The first-order chi connectivity index (χ1) is 40.1. The van der Waals surface area contributed by atoms with E-state index in [1.807, 2.05) is 61.5 Å². The Bertz CT molecular complexity index is 4030. The normalized spacial score (nSPS) is 18.0. The van der Waals surface area contributed by atoms with Crippen LogP contribution in [0.1, 0.15) is 96.6 Å². The molecule has 4 aromatic rings. The van der Waals surface area contributed by atoms with Crippen molar-refractivity contribution in [2.24, 2.45) is 0 Å². The molecule has 33 heteroatoms. The topological polar surface area (TPSA) is 426 Å². The summed E-state index contributed by atoms with van der Waals surface area (Å²) in [5, 5.41) is 19.9. The number of hydrogen-bond acceptors (Lipinski definition) is 15. The largest absolute Gasteiger partial charge is 0.457 e. The Hall–Kier alpha value is -5.57. The number of amides is 1. The molecule has 2 aliphatic heterocycles. The molecular weight excluding hydrogens is 1260 g/mol. The fourth-order valence-electron chi connectivity index (χ4n) is 10.8. The molecule has 3 aromatic carbocycles. The Balaban J connectivity index is 1.16. The first-order valence-corrected chi connectivity index (χ1v) is 36.3. The maximum Gasteiger partial charge on any atom is 0.373 e. The molecule has 1 aliphatic carbocycles. The van der Waals surface area contributed by atoms with E-state index in [0.29, 0.717) is 102 Å². The molecule has 87 heavy (non-hydrogen) atoms. The second kappa shape index (κ2) is 26.1. The van der Waals surface area contributed by atoms with Crippen LogP contribution in [0.3, 0.4) is 0 Å². The van der Waals surface area contributed by atoms with Crippen LogP contribution in [0.25, 0.3) is 0 Å². The average molecular weight is 1330 g/mol. The zero-order valence-electron chi connectivity index (χ0n) is 47.7. The highest BCUT2D eigenvalue weighted by Gasteiger charge is 2.61. The second-order valence-electron chi connectivity index (χ2n) is 22.5. The number of aromatic nitrogens is 2. The minimum Gasteiger partial charge on any atom is -0.457 e. The number of unbranched alkanes of at least 4 members (excludes halogenated alkanes) is 3. The van der Waals surface area contributed by atoms with Crippen LogP contribution in [0.2, 0.25) is 0 Å². The predicted octanol–water partition coefficient (Wildman–Crippen LogP) is 4.98. The van der Waals surface area contributed by atoms with Gasteiger partial charge < -0.3 is 44.7 Å². The summed E-state index contributed by atoms with van der Waals surface area (Å²) < 4.78 is 171. The molecule has 0 saturated carbocycles. The lowest BCUT2D eigenvalue weighted by molar-refractivity contribution is -0.703. The zero-order chi connectivity index (χ0) is 64.5. The number of ether oxygens (including phenoxy) is 1. The van der Waals surface area contributed by atoms with Crippen LogP contribution < -0.4 is 19.5 Å². The van der Waals surface area contributed by atoms with Crippen LogP contribution >= 0.6 is 15.2 Å². The third-order valence-electron chi connectivity index (χ3n) is 15.4. The number of rotatable bonds is 27. The third kappa shape index (κ3) is 16.4. The summed E-state index contributed by atoms with van der Waals surface area (Å²) in [5.74, 6) is -0.290. The van der Waals surface area contributed by atoms with Gasteiger partial charge in [0.1, 0.15) is 49.6 Å². The van der Waals surface area contributed by atoms with Gasteiger partial charge in [-0.15, -0.1) is 0 Å². The van der Waals surface area contributed by atoms with Gasteiger partial charge in [0, 0.05) is 60.4 Å². The molecule has 0 spiro atoms. The molecule has 0 saturated heterocycles. The second-order valence-corrected chi connectivity index (χ2v) is 32.3. The summed E-state index contributed by atoms with van der Waals surface area (Å²) >= 11 is 0. The van der Waals surface area contributed by atoms with Gasteiger partial charge in [-0.2, -0.15) is 38.2 Å². The number of fused-ring (bicyclic) bond motifs is 2.